The van der Waals surface area contributed by atoms with Crippen molar-refractivity contribution in [2.24, 2.45) is 0 Å². The zero-order chi connectivity index (χ0) is 9.68. The van der Waals surface area contributed by atoms with Crippen molar-refractivity contribution < 1.29 is 4.79 Å². The van der Waals surface area contributed by atoms with Crippen molar-refractivity contribution in [2.75, 3.05) is 6.54 Å². The summed E-state index contributed by atoms with van der Waals surface area (Å²) in [5.41, 5.74) is 0. The standard InChI is InChI=1S/C10H16N2O/c1-3-8(2)12-9-5-4-6-11-10(13)7-9/h1,8-9,12H,4-7H2,2H3,(H,11,13). The molecule has 3 nitrogen and oxygen atoms in total. The van der Waals surface area contributed by atoms with Crippen molar-refractivity contribution >= 4 is 5.91 Å². The van der Waals surface area contributed by atoms with Gasteiger partial charge in [-0.1, -0.05) is 5.92 Å². The fraction of sp³-hybridized carbons (Fsp3) is 0.700. The predicted octanol–water partition coefficient (Wildman–Crippen LogP) is 0.266. The molecular weight excluding hydrogens is 164 g/mol. The molecule has 0 aliphatic carbocycles. The quantitative estimate of drug-likeness (QED) is 0.599. The lowest BCUT2D eigenvalue weighted by Crippen LogP contribution is -2.37. The maximum Gasteiger partial charge on any atom is 0.221 e. The number of amides is 1. The molecule has 0 bridgehead atoms. The number of nitrogens with one attached hydrogen (secondary N) is 2. The maximum absolute atomic E-state index is 11.2. The molecule has 2 atom stereocenters. The molecular formula is C10H16N2O. The van der Waals surface area contributed by atoms with Gasteiger partial charge in [0.25, 0.3) is 0 Å². The monoisotopic (exact) mass is 180 g/mol. The van der Waals surface area contributed by atoms with Gasteiger partial charge in [-0.15, -0.1) is 6.42 Å². The van der Waals surface area contributed by atoms with Gasteiger partial charge in [-0.25, -0.2) is 0 Å². The Balaban J connectivity index is 2.40. The SMILES string of the molecule is C#CC(C)NC1CCCNC(=O)C1. The van der Waals surface area contributed by atoms with E-state index in [9.17, 15) is 4.79 Å². The lowest BCUT2D eigenvalue weighted by atomic mass is 10.1. The van der Waals surface area contributed by atoms with Crippen LogP contribution in [-0.2, 0) is 4.79 Å². The first-order valence-corrected chi connectivity index (χ1v) is 4.71. The average Bonchev–Trinajstić information content (AvgIpc) is 2.30. The van der Waals surface area contributed by atoms with Crippen LogP contribution < -0.4 is 10.6 Å². The van der Waals surface area contributed by atoms with E-state index in [2.05, 4.69) is 16.6 Å². The summed E-state index contributed by atoms with van der Waals surface area (Å²) in [6.45, 7) is 2.73. The van der Waals surface area contributed by atoms with Crippen LogP contribution in [-0.4, -0.2) is 24.5 Å². The molecule has 3 heteroatoms. The number of hydrogen-bond acceptors (Lipinski definition) is 2. The van der Waals surface area contributed by atoms with Crippen LogP contribution in [0.5, 0.6) is 0 Å². The molecule has 72 valence electrons. The second kappa shape index (κ2) is 4.88. The summed E-state index contributed by atoms with van der Waals surface area (Å²) in [6.07, 6.45) is 7.84. The van der Waals surface area contributed by atoms with Crippen LogP contribution >= 0.6 is 0 Å². The third kappa shape index (κ3) is 3.47. The van der Waals surface area contributed by atoms with Gasteiger partial charge >= 0.3 is 0 Å². The number of terminal acetylenes is 1. The van der Waals surface area contributed by atoms with E-state index in [4.69, 9.17) is 6.42 Å². The number of carbonyl (C=O) groups is 1. The lowest BCUT2D eigenvalue weighted by Gasteiger charge is -2.17. The van der Waals surface area contributed by atoms with E-state index >= 15 is 0 Å². The molecule has 1 rings (SSSR count). The van der Waals surface area contributed by atoms with E-state index in [1.165, 1.54) is 0 Å². The molecule has 1 amide bonds. The first kappa shape index (κ1) is 10.1. The highest BCUT2D eigenvalue weighted by atomic mass is 16.1. The number of hydrogen-bond donors (Lipinski definition) is 2. The average molecular weight is 180 g/mol. The highest BCUT2D eigenvalue weighted by molar-refractivity contribution is 5.76. The third-order valence-electron chi connectivity index (χ3n) is 2.22. The molecule has 0 aromatic heterocycles. The zero-order valence-corrected chi connectivity index (χ0v) is 7.97. The Labute approximate surface area is 79.3 Å². The molecule has 1 fully saturated rings. The largest absolute Gasteiger partial charge is 0.356 e. The van der Waals surface area contributed by atoms with Crippen molar-refractivity contribution in [3.63, 3.8) is 0 Å². The predicted molar refractivity (Wildman–Crippen MR) is 52.1 cm³/mol. The molecule has 0 aromatic carbocycles. The molecule has 1 heterocycles. The topological polar surface area (TPSA) is 41.1 Å². The third-order valence-corrected chi connectivity index (χ3v) is 2.22. The summed E-state index contributed by atoms with van der Waals surface area (Å²) in [7, 11) is 0. The van der Waals surface area contributed by atoms with Crippen molar-refractivity contribution in [2.45, 2.75) is 38.3 Å². The van der Waals surface area contributed by atoms with Crippen LogP contribution in [0.3, 0.4) is 0 Å². The Morgan fingerprint density at radius 1 is 1.77 bits per heavy atom. The summed E-state index contributed by atoms with van der Waals surface area (Å²) in [5, 5.41) is 6.08. The highest BCUT2D eigenvalue weighted by Gasteiger charge is 2.17. The molecule has 2 N–H and O–H groups in total. The van der Waals surface area contributed by atoms with Crippen LogP contribution in [0.25, 0.3) is 0 Å². The van der Waals surface area contributed by atoms with Crippen LogP contribution in [0.15, 0.2) is 0 Å². The Bertz CT molecular complexity index is 219. The van der Waals surface area contributed by atoms with Crippen LogP contribution in [0, 0.1) is 12.3 Å². The van der Waals surface area contributed by atoms with Crippen molar-refractivity contribution in [3.8, 4) is 12.3 Å². The van der Waals surface area contributed by atoms with Crippen molar-refractivity contribution in [3.05, 3.63) is 0 Å². The van der Waals surface area contributed by atoms with Gasteiger partial charge in [-0.2, -0.15) is 0 Å². The van der Waals surface area contributed by atoms with Crippen LogP contribution in [0.2, 0.25) is 0 Å². The summed E-state index contributed by atoms with van der Waals surface area (Å²) in [5.74, 6) is 2.73. The molecule has 1 saturated heterocycles. The highest BCUT2D eigenvalue weighted by Crippen LogP contribution is 2.06. The second-order valence-electron chi connectivity index (χ2n) is 3.45. The first-order valence-electron chi connectivity index (χ1n) is 4.71. The second-order valence-corrected chi connectivity index (χ2v) is 3.45. The van der Waals surface area contributed by atoms with E-state index in [0.29, 0.717) is 6.42 Å². The number of rotatable bonds is 2. The molecule has 0 spiro atoms. The van der Waals surface area contributed by atoms with Crippen LogP contribution in [0.1, 0.15) is 26.2 Å². The van der Waals surface area contributed by atoms with Gasteiger partial charge in [0.2, 0.25) is 5.91 Å². The van der Waals surface area contributed by atoms with Gasteiger partial charge in [0.05, 0.1) is 6.04 Å². The molecule has 0 radical (unpaired) electrons. The van der Waals surface area contributed by atoms with Crippen molar-refractivity contribution in [1.29, 1.82) is 0 Å². The minimum Gasteiger partial charge on any atom is -0.356 e. The van der Waals surface area contributed by atoms with E-state index < -0.39 is 0 Å². The Morgan fingerprint density at radius 2 is 2.54 bits per heavy atom. The first-order chi connectivity index (χ1) is 6.22. The van der Waals surface area contributed by atoms with E-state index in [1.807, 2.05) is 6.92 Å². The Morgan fingerprint density at radius 3 is 3.23 bits per heavy atom. The summed E-state index contributed by atoms with van der Waals surface area (Å²) < 4.78 is 0. The van der Waals surface area contributed by atoms with Gasteiger partial charge in [0.15, 0.2) is 0 Å². The number of carbonyl (C=O) groups excluding carboxylic acids is 1. The van der Waals surface area contributed by atoms with Crippen molar-refractivity contribution in [1.82, 2.24) is 10.6 Å². The van der Waals surface area contributed by atoms with E-state index in [-0.39, 0.29) is 18.0 Å². The fourth-order valence-electron chi connectivity index (χ4n) is 1.52. The molecule has 1 aliphatic rings. The zero-order valence-electron chi connectivity index (χ0n) is 7.97. The van der Waals surface area contributed by atoms with E-state index in [1.54, 1.807) is 0 Å². The van der Waals surface area contributed by atoms with Gasteiger partial charge in [-0.3, -0.25) is 4.79 Å². The van der Waals surface area contributed by atoms with E-state index in [0.717, 1.165) is 19.4 Å². The minimum absolute atomic E-state index is 0.0518. The van der Waals surface area contributed by atoms with Gasteiger partial charge in [0, 0.05) is 19.0 Å². The van der Waals surface area contributed by atoms with Gasteiger partial charge in [-0.05, 0) is 19.8 Å². The normalized spacial score (nSPS) is 25.5. The summed E-state index contributed by atoms with van der Waals surface area (Å²) in [6, 6.07) is 0.296. The molecule has 0 aromatic rings. The Hall–Kier alpha value is -1.01. The van der Waals surface area contributed by atoms with Gasteiger partial charge < -0.3 is 10.6 Å². The molecule has 0 saturated carbocycles. The molecule has 13 heavy (non-hydrogen) atoms. The summed E-state index contributed by atoms with van der Waals surface area (Å²) >= 11 is 0. The van der Waals surface area contributed by atoms with Crippen LogP contribution in [0.4, 0.5) is 0 Å². The molecule has 1 aliphatic heterocycles. The Kier molecular flexibility index (Phi) is 3.78. The summed E-state index contributed by atoms with van der Waals surface area (Å²) in [4.78, 5) is 11.2. The maximum atomic E-state index is 11.2. The fourth-order valence-corrected chi connectivity index (χ4v) is 1.52. The molecule has 2 unspecified atom stereocenters. The minimum atomic E-state index is 0.0518. The lowest BCUT2D eigenvalue weighted by molar-refractivity contribution is -0.121. The smallest absolute Gasteiger partial charge is 0.221 e. The van der Waals surface area contributed by atoms with Gasteiger partial charge in [0.1, 0.15) is 0 Å².